The van der Waals surface area contributed by atoms with Crippen molar-refractivity contribution in [2.75, 3.05) is 6.54 Å². The molecular formula is C27H26N2O4S2. The van der Waals surface area contributed by atoms with Gasteiger partial charge in [-0.2, -0.15) is 0 Å². The van der Waals surface area contributed by atoms with Crippen LogP contribution in [0.25, 0.3) is 27.6 Å². The number of aliphatic carboxylic acids is 1. The fourth-order valence-corrected chi connectivity index (χ4v) is 5.43. The molecule has 0 aromatic heterocycles. The second-order valence-corrected chi connectivity index (χ2v) is 10.2. The quantitative estimate of drug-likeness (QED) is 0.176. The van der Waals surface area contributed by atoms with E-state index >= 15 is 0 Å². The molecule has 0 bridgehead atoms. The van der Waals surface area contributed by atoms with Gasteiger partial charge in [0.1, 0.15) is 10.4 Å². The van der Waals surface area contributed by atoms with Gasteiger partial charge < -0.3 is 10.4 Å². The number of benzene rings is 3. The van der Waals surface area contributed by atoms with Gasteiger partial charge in [0.2, 0.25) is 5.91 Å². The number of nitrogens with one attached hydrogen (secondary N) is 1. The van der Waals surface area contributed by atoms with Crippen molar-refractivity contribution in [1.82, 2.24) is 10.2 Å². The van der Waals surface area contributed by atoms with Crippen LogP contribution in [0, 0.1) is 0 Å². The van der Waals surface area contributed by atoms with E-state index in [1.807, 2.05) is 30.3 Å². The minimum absolute atomic E-state index is 0.0926. The fraction of sp³-hybridized carbons (Fsp3) is 0.259. The van der Waals surface area contributed by atoms with Gasteiger partial charge in [-0.3, -0.25) is 19.3 Å². The molecule has 2 amide bonds. The van der Waals surface area contributed by atoms with Gasteiger partial charge in [0, 0.05) is 13.0 Å². The lowest BCUT2D eigenvalue weighted by Crippen LogP contribution is -2.38. The Morgan fingerprint density at radius 2 is 1.69 bits per heavy atom. The van der Waals surface area contributed by atoms with Crippen molar-refractivity contribution >= 4 is 73.7 Å². The summed E-state index contributed by atoms with van der Waals surface area (Å²) < 4.78 is 0.541. The maximum Gasteiger partial charge on any atom is 0.325 e. The Morgan fingerprint density at radius 1 is 1.06 bits per heavy atom. The van der Waals surface area contributed by atoms with E-state index in [0.29, 0.717) is 28.6 Å². The zero-order valence-electron chi connectivity index (χ0n) is 19.3. The molecule has 1 heterocycles. The van der Waals surface area contributed by atoms with E-state index in [0.717, 1.165) is 33.5 Å². The van der Waals surface area contributed by atoms with Crippen molar-refractivity contribution in [2.45, 2.75) is 38.6 Å². The Labute approximate surface area is 213 Å². The standard InChI is InChI=1S/C27H26N2O4S2/c1-17(26(32)33)28-24(30)13-3-2-8-14-29-25(31)23(35-27(29)34)16-22-20-11-6-4-9-18(20)15-19-10-5-7-12-21(19)22/h4-7,9-12,15-17H,2-3,8,13-14H2,1H3,(H,28,30)(H,32,33)/b23-16-. The Kier molecular flexibility index (Phi) is 7.83. The molecule has 6 nitrogen and oxygen atoms in total. The normalized spacial score (nSPS) is 15.8. The molecule has 1 fully saturated rings. The van der Waals surface area contributed by atoms with Gasteiger partial charge in [0.15, 0.2) is 0 Å². The van der Waals surface area contributed by atoms with Gasteiger partial charge in [-0.1, -0.05) is 78.9 Å². The first-order chi connectivity index (χ1) is 16.8. The summed E-state index contributed by atoms with van der Waals surface area (Å²) in [5, 5.41) is 15.7. The lowest BCUT2D eigenvalue weighted by molar-refractivity contribution is -0.141. The highest BCUT2D eigenvalue weighted by Crippen LogP contribution is 2.36. The van der Waals surface area contributed by atoms with Crippen LogP contribution in [0.4, 0.5) is 0 Å². The summed E-state index contributed by atoms with van der Waals surface area (Å²) in [6.07, 6.45) is 4.27. The molecule has 1 atom stereocenters. The third kappa shape index (κ3) is 5.71. The summed E-state index contributed by atoms with van der Waals surface area (Å²) in [5.74, 6) is -1.43. The predicted molar refractivity (Wildman–Crippen MR) is 145 cm³/mol. The third-order valence-corrected chi connectivity index (χ3v) is 7.37. The van der Waals surface area contributed by atoms with E-state index in [2.05, 4.69) is 35.6 Å². The summed E-state index contributed by atoms with van der Waals surface area (Å²) in [5.41, 5.74) is 1.01. The van der Waals surface area contributed by atoms with Crippen LogP contribution in [0.15, 0.2) is 59.5 Å². The SMILES string of the molecule is CC(NC(=O)CCCCCN1C(=O)/C(=C/c2c3ccccc3cc3ccccc23)SC1=S)C(=O)O. The number of carbonyl (C=O) groups is 3. The zero-order valence-corrected chi connectivity index (χ0v) is 21.0. The van der Waals surface area contributed by atoms with Crippen LogP contribution in [0.2, 0.25) is 0 Å². The molecule has 1 aliphatic heterocycles. The number of carboxylic acids is 1. The van der Waals surface area contributed by atoms with E-state index in [1.54, 1.807) is 4.90 Å². The first kappa shape index (κ1) is 24.9. The highest BCUT2D eigenvalue weighted by atomic mass is 32.2. The molecule has 0 aliphatic carbocycles. The van der Waals surface area contributed by atoms with Crippen LogP contribution in [0.3, 0.4) is 0 Å². The van der Waals surface area contributed by atoms with E-state index in [4.69, 9.17) is 17.3 Å². The maximum atomic E-state index is 13.2. The number of thioether (sulfide) groups is 1. The van der Waals surface area contributed by atoms with Crippen molar-refractivity contribution in [3.05, 3.63) is 65.1 Å². The minimum Gasteiger partial charge on any atom is -0.480 e. The Bertz CT molecular complexity index is 1300. The monoisotopic (exact) mass is 506 g/mol. The van der Waals surface area contributed by atoms with Gasteiger partial charge in [-0.05, 0) is 59.0 Å². The molecule has 8 heteroatoms. The molecule has 4 rings (SSSR count). The summed E-state index contributed by atoms with van der Waals surface area (Å²) in [6, 6.07) is 17.6. The molecule has 3 aromatic carbocycles. The van der Waals surface area contributed by atoms with E-state index in [1.165, 1.54) is 18.7 Å². The largest absolute Gasteiger partial charge is 0.480 e. The van der Waals surface area contributed by atoms with E-state index < -0.39 is 12.0 Å². The highest BCUT2D eigenvalue weighted by molar-refractivity contribution is 8.26. The maximum absolute atomic E-state index is 13.2. The van der Waals surface area contributed by atoms with Crippen LogP contribution in [0.5, 0.6) is 0 Å². The Balaban J connectivity index is 1.42. The van der Waals surface area contributed by atoms with Crippen LogP contribution in [0.1, 0.15) is 38.2 Å². The Hall–Kier alpha value is -3.23. The molecule has 3 aromatic rings. The second-order valence-electron chi connectivity index (χ2n) is 8.50. The zero-order chi connectivity index (χ0) is 24.9. The highest BCUT2D eigenvalue weighted by Gasteiger charge is 2.31. The molecule has 180 valence electrons. The molecule has 1 saturated heterocycles. The summed E-state index contributed by atoms with van der Waals surface area (Å²) in [4.78, 5) is 38.1. The van der Waals surface area contributed by atoms with Crippen molar-refractivity contribution in [3.63, 3.8) is 0 Å². The number of carboxylic acid groups (broad SMARTS) is 1. The average Bonchev–Trinajstić information content (AvgIpc) is 3.10. The van der Waals surface area contributed by atoms with E-state index in [-0.39, 0.29) is 18.2 Å². The van der Waals surface area contributed by atoms with Crippen LogP contribution in [-0.2, 0) is 14.4 Å². The third-order valence-electron chi connectivity index (χ3n) is 6.00. The minimum atomic E-state index is -1.06. The van der Waals surface area contributed by atoms with Crippen molar-refractivity contribution in [1.29, 1.82) is 0 Å². The first-order valence-electron chi connectivity index (χ1n) is 11.5. The second kappa shape index (κ2) is 11.0. The number of nitrogens with zero attached hydrogens (tertiary/aromatic N) is 1. The van der Waals surface area contributed by atoms with E-state index in [9.17, 15) is 14.4 Å². The number of thiocarbonyl (C=S) groups is 1. The number of rotatable bonds is 9. The smallest absolute Gasteiger partial charge is 0.325 e. The fourth-order valence-electron chi connectivity index (χ4n) is 4.14. The summed E-state index contributed by atoms with van der Waals surface area (Å²) >= 11 is 6.82. The molecule has 1 aliphatic rings. The number of hydrogen-bond donors (Lipinski definition) is 2. The average molecular weight is 507 g/mol. The van der Waals surface area contributed by atoms with Crippen LogP contribution < -0.4 is 5.32 Å². The summed E-state index contributed by atoms with van der Waals surface area (Å²) in [6.45, 7) is 1.93. The number of hydrogen-bond acceptors (Lipinski definition) is 5. The van der Waals surface area contributed by atoms with Gasteiger partial charge in [-0.15, -0.1) is 0 Å². The van der Waals surface area contributed by atoms with Gasteiger partial charge in [0.05, 0.1) is 4.91 Å². The van der Waals surface area contributed by atoms with Crippen molar-refractivity contribution < 1.29 is 19.5 Å². The molecule has 0 spiro atoms. The number of unbranched alkanes of at least 4 members (excludes halogenated alkanes) is 2. The molecule has 2 N–H and O–H groups in total. The molecular weight excluding hydrogens is 480 g/mol. The molecule has 0 radical (unpaired) electrons. The molecule has 0 saturated carbocycles. The number of amides is 2. The predicted octanol–water partition coefficient (Wildman–Crippen LogP) is 5.34. The lowest BCUT2D eigenvalue weighted by Gasteiger charge is -2.14. The van der Waals surface area contributed by atoms with Gasteiger partial charge in [0.25, 0.3) is 5.91 Å². The van der Waals surface area contributed by atoms with Gasteiger partial charge >= 0.3 is 5.97 Å². The van der Waals surface area contributed by atoms with Crippen LogP contribution >= 0.6 is 24.0 Å². The lowest BCUT2D eigenvalue weighted by atomic mass is 9.96. The van der Waals surface area contributed by atoms with Crippen molar-refractivity contribution in [3.8, 4) is 0 Å². The first-order valence-corrected chi connectivity index (χ1v) is 12.8. The number of fused-ring (bicyclic) bond motifs is 2. The van der Waals surface area contributed by atoms with Crippen molar-refractivity contribution in [2.24, 2.45) is 0 Å². The number of carbonyl (C=O) groups excluding carboxylic acids is 2. The van der Waals surface area contributed by atoms with Gasteiger partial charge in [-0.25, -0.2) is 0 Å². The molecule has 35 heavy (non-hydrogen) atoms. The Morgan fingerprint density at radius 3 is 2.31 bits per heavy atom. The summed E-state index contributed by atoms with van der Waals surface area (Å²) in [7, 11) is 0. The molecule has 1 unspecified atom stereocenters. The van der Waals surface area contributed by atoms with Crippen LogP contribution in [-0.4, -0.2) is 44.7 Å². The topological polar surface area (TPSA) is 86.7 Å².